The molecule has 0 spiro atoms. The van der Waals surface area contributed by atoms with Crippen molar-refractivity contribution in [3.8, 4) is 0 Å². The van der Waals surface area contributed by atoms with Crippen LogP contribution in [-0.2, 0) is 16.0 Å². The smallest absolute Gasteiger partial charge is 0.262 e. The van der Waals surface area contributed by atoms with E-state index in [9.17, 15) is 19.2 Å². The Kier molecular flexibility index (Phi) is 5.13. The largest absolute Gasteiger partial charge is 0.385 e. The van der Waals surface area contributed by atoms with Gasteiger partial charge in [-0.1, -0.05) is 18.2 Å². The molecule has 3 N–H and O–H groups in total. The molecule has 2 aromatic carbocycles. The van der Waals surface area contributed by atoms with Gasteiger partial charge in [0.1, 0.15) is 6.04 Å². The van der Waals surface area contributed by atoms with Gasteiger partial charge in [-0.25, -0.2) is 0 Å². The summed E-state index contributed by atoms with van der Waals surface area (Å²) >= 11 is 0. The number of nitrogens with one attached hydrogen (secondary N) is 3. The first kappa shape index (κ1) is 20.2. The van der Waals surface area contributed by atoms with Crippen LogP contribution in [0.1, 0.15) is 52.0 Å². The Bertz CT molecular complexity index is 1130. The van der Waals surface area contributed by atoms with Crippen molar-refractivity contribution in [2.45, 2.75) is 44.2 Å². The third kappa shape index (κ3) is 3.62. The van der Waals surface area contributed by atoms with E-state index < -0.39 is 23.8 Å². The van der Waals surface area contributed by atoms with Crippen LogP contribution in [0.25, 0.3) is 0 Å². The SMILES string of the molecule is O=C1CCC(N2C(=O)c3ccc(NCCC4CCc5ccccc5N4)cc3C2=O)C(=O)N1. The summed E-state index contributed by atoms with van der Waals surface area (Å²) in [4.78, 5) is 50.3. The lowest BCUT2D eigenvalue weighted by molar-refractivity contribution is -0.136. The Labute approximate surface area is 185 Å². The molecular formula is C24H24N4O4. The molecular weight excluding hydrogens is 408 g/mol. The summed E-state index contributed by atoms with van der Waals surface area (Å²) in [6, 6.07) is 12.8. The molecule has 2 unspecified atom stereocenters. The number of hydrogen-bond acceptors (Lipinski definition) is 6. The molecule has 4 amide bonds. The van der Waals surface area contributed by atoms with Gasteiger partial charge in [-0.15, -0.1) is 0 Å². The second-order valence-electron chi connectivity index (χ2n) is 8.46. The minimum Gasteiger partial charge on any atom is -0.385 e. The molecule has 3 aliphatic heterocycles. The highest BCUT2D eigenvalue weighted by Crippen LogP contribution is 2.30. The zero-order valence-electron chi connectivity index (χ0n) is 17.5. The average Bonchev–Trinajstić information content (AvgIpc) is 3.03. The van der Waals surface area contributed by atoms with E-state index in [0.29, 0.717) is 6.04 Å². The van der Waals surface area contributed by atoms with Gasteiger partial charge in [0.25, 0.3) is 11.8 Å². The second kappa shape index (κ2) is 8.11. The number of carbonyl (C=O) groups is 4. The maximum atomic E-state index is 12.9. The first-order valence-corrected chi connectivity index (χ1v) is 11.0. The fourth-order valence-electron chi connectivity index (χ4n) is 4.69. The highest BCUT2D eigenvalue weighted by atomic mass is 16.2. The summed E-state index contributed by atoms with van der Waals surface area (Å²) in [6.45, 7) is 0.720. The molecule has 2 aromatic rings. The van der Waals surface area contributed by atoms with Crippen molar-refractivity contribution in [1.82, 2.24) is 10.2 Å². The number of nitrogens with zero attached hydrogens (tertiary/aromatic N) is 1. The maximum absolute atomic E-state index is 12.9. The average molecular weight is 432 g/mol. The highest BCUT2D eigenvalue weighted by Gasteiger charge is 2.44. The van der Waals surface area contributed by atoms with Crippen LogP contribution in [-0.4, -0.2) is 47.2 Å². The molecule has 1 fully saturated rings. The van der Waals surface area contributed by atoms with Gasteiger partial charge in [-0.2, -0.15) is 0 Å². The Morgan fingerprint density at radius 2 is 1.75 bits per heavy atom. The molecule has 0 aliphatic carbocycles. The van der Waals surface area contributed by atoms with Crippen molar-refractivity contribution in [2.24, 2.45) is 0 Å². The molecule has 8 heteroatoms. The summed E-state index contributed by atoms with van der Waals surface area (Å²) in [6.07, 6.45) is 3.30. The monoisotopic (exact) mass is 432 g/mol. The number of carbonyl (C=O) groups excluding carboxylic acids is 4. The van der Waals surface area contributed by atoms with Gasteiger partial charge < -0.3 is 10.6 Å². The zero-order valence-corrected chi connectivity index (χ0v) is 17.5. The number of benzene rings is 2. The van der Waals surface area contributed by atoms with Crippen LogP contribution in [0.5, 0.6) is 0 Å². The molecule has 0 radical (unpaired) electrons. The quantitative estimate of drug-likeness (QED) is 0.626. The lowest BCUT2D eigenvalue weighted by Gasteiger charge is -2.27. The fraction of sp³-hybridized carbons (Fsp3) is 0.333. The van der Waals surface area contributed by atoms with Crippen LogP contribution in [0.3, 0.4) is 0 Å². The van der Waals surface area contributed by atoms with Gasteiger partial charge in [0.15, 0.2) is 0 Å². The number of piperidine rings is 1. The second-order valence-corrected chi connectivity index (χ2v) is 8.46. The van der Waals surface area contributed by atoms with Crippen LogP contribution in [0, 0.1) is 0 Å². The van der Waals surface area contributed by atoms with Crippen LogP contribution in [0.4, 0.5) is 11.4 Å². The molecule has 5 rings (SSSR count). The van der Waals surface area contributed by atoms with Gasteiger partial charge in [0, 0.05) is 30.4 Å². The van der Waals surface area contributed by atoms with Crippen molar-refractivity contribution >= 4 is 35.0 Å². The van der Waals surface area contributed by atoms with Crippen molar-refractivity contribution < 1.29 is 19.2 Å². The summed E-state index contributed by atoms with van der Waals surface area (Å²) in [5.41, 5.74) is 3.87. The Morgan fingerprint density at radius 1 is 0.938 bits per heavy atom. The van der Waals surface area contributed by atoms with Crippen LogP contribution >= 0.6 is 0 Å². The van der Waals surface area contributed by atoms with Gasteiger partial charge in [-0.3, -0.25) is 29.4 Å². The summed E-state index contributed by atoms with van der Waals surface area (Å²) in [5, 5.41) is 9.13. The molecule has 0 aromatic heterocycles. The molecule has 32 heavy (non-hydrogen) atoms. The van der Waals surface area contributed by atoms with Crippen molar-refractivity contribution in [1.29, 1.82) is 0 Å². The summed E-state index contributed by atoms with van der Waals surface area (Å²) < 4.78 is 0. The van der Waals surface area contributed by atoms with Gasteiger partial charge >= 0.3 is 0 Å². The Balaban J connectivity index is 1.22. The molecule has 3 heterocycles. The fourth-order valence-corrected chi connectivity index (χ4v) is 4.69. The van der Waals surface area contributed by atoms with E-state index in [1.54, 1.807) is 18.2 Å². The topological polar surface area (TPSA) is 108 Å². The molecule has 3 aliphatic rings. The zero-order chi connectivity index (χ0) is 22.2. The van der Waals surface area contributed by atoms with E-state index in [1.165, 1.54) is 11.3 Å². The number of amides is 4. The minimum atomic E-state index is -0.947. The normalized spacial score (nSPS) is 22.2. The van der Waals surface area contributed by atoms with Gasteiger partial charge in [-0.05, 0) is 55.5 Å². The Morgan fingerprint density at radius 3 is 2.59 bits per heavy atom. The maximum Gasteiger partial charge on any atom is 0.262 e. The third-order valence-electron chi connectivity index (χ3n) is 6.40. The van der Waals surface area contributed by atoms with Crippen molar-refractivity contribution in [2.75, 3.05) is 17.2 Å². The lowest BCUT2D eigenvalue weighted by Crippen LogP contribution is -2.54. The van der Waals surface area contributed by atoms with Gasteiger partial charge in [0.2, 0.25) is 11.8 Å². The summed E-state index contributed by atoms with van der Waals surface area (Å²) in [7, 11) is 0. The molecule has 0 saturated carbocycles. The van der Waals surface area contributed by atoms with Crippen LogP contribution in [0.2, 0.25) is 0 Å². The minimum absolute atomic E-state index is 0.107. The summed E-state index contributed by atoms with van der Waals surface area (Å²) in [5.74, 6) is -1.97. The number of imide groups is 2. The van der Waals surface area contributed by atoms with E-state index in [1.807, 2.05) is 6.07 Å². The predicted octanol–water partition coefficient (Wildman–Crippen LogP) is 2.32. The molecule has 164 valence electrons. The van der Waals surface area contributed by atoms with Crippen molar-refractivity contribution in [3.05, 3.63) is 59.2 Å². The standard InChI is InChI=1S/C24H24N4O4/c29-21-10-9-20(22(30)27-21)28-23(31)17-8-7-16(13-18(17)24(28)32)25-12-11-15-6-5-14-3-1-2-4-19(14)26-15/h1-4,7-8,13,15,20,25-26H,5-6,9-12H2,(H,27,29,30). The van der Waals surface area contributed by atoms with E-state index >= 15 is 0 Å². The van der Waals surface area contributed by atoms with Crippen LogP contribution < -0.4 is 16.0 Å². The van der Waals surface area contributed by atoms with Gasteiger partial charge in [0.05, 0.1) is 11.1 Å². The predicted molar refractivity (Wildman–Crippen MR) is 118 cm³/mol. The Hall–Kier alpha value is -3.68. The molecule has 1 saturated heterocycles. The lowest BCUT2D eigenvalue weighted by atomic mass is 9.96. The number of fused-ring (bicyclic) bond motifs is 2. The highest BCUT2D eigenvalue weighted by molar-refractivity contribution is 6.23. The first-order chi connectivity index (χ1) is 15.5. The number of para-hydroxylation sites is 1. The van der Waals surface area contributed by atoms with E-state index in [-0.39, 0.29) is 29.9 Å². The molecule has 8 nitrogen and oxygen atoms in total. The number of rotatable bonds is 5. The number of aryl methyl sites for hydroxylation is 1. The number of anilines is 2. The van der Waals surface area contributed by atoms with Crippen LogP contribution in [0.15, 0.2) is 42.5 Å². The number of hydrogen-bond donors (Lipinski definition) is 3. The van der Waals surface area contributed by atoms with E-state index in [4.69, 9.17) is 0 Å². The van der Waals surface area contributed by atoms with E-state index in [0.717, 1.165) is 36.4 Å². The first-order valence-electron chi connectivity index (χ1n) is 11.0. The van der Waals surface area contributed by atoms with Crippen molar-refractivity contribution in [3.63, 3.8) is 0 Å². The third-order valence-corrected chi connectivity index (χ3v) is 6.40. The van der Waals surface area contributed by atoms with E-state index in [2.05, 4.69) is 34.1 Å². The molecule has 0 bridgehead atoms. The molecule has 2 atom stereocenters.